The van der Waals surface area contributed by atoms with Crippen LogP contribution < -0.4 is 16.6 Å². The van der Waals surface area contributed by atoms with Crippen molar-refractivity contribution in [3.8, 4) is 0 Å². The Hall–Kier alpha value is -1.61. The summed E-state index contributed by atoms with van der Waals surface area (Å²) in [6, 6.07) is 1.94. The number of unbranched alkanes of at least 4 members (excludes halogenated alkanes) is 1. The topological polar surface area (TPSA) is 75.9 Å². The number of nitrogens with one attached hydrogen (secondary N) is 2. The zero-order chi connectivity index (χ0) is 15.5. The van der Waals surface area contributed by atoms with Crippen LogP contribution in [0.1, 0.15) is 24.1 Å². The molecule has 0 aliphatic rings. The molecule has 4 N–H and O–H groups in total. The van der Waals surface area contributed by atoms with E-state index in [1.807, 2.05) is 13.0 Å². The molecule has 0 aliphatic heterocycles. The van der Waals surface area contributed by atoms with Crippen molar-refractivity contribution in [3.63, 3.8) is 0 Å². The molecule has 0 fully saturated rings. The first kappa shape index (κ1) is 15.8. The molecule has 0 atom stereocenters. The number of nitrogen functional groups attached to an aromatic ring is 1. The first-order valence-electron chi connectivity index (χ1n) is 6.44. The Morgan fingerprint density at radius 1 is 1.29 bits per heavy atom. The van der Waals surface area contributed by atoms with Gasteiger partial charge in [-0.15, -0.1) is 11.3 Å². The summed E-state index contributed by atoms with van der Waals surface area (Å²) >= 11 is 1.51. The summed E-state index contributed by atoms with van der Waals surface area (Å²) in [6.07, 6.45) is -4.35. The summed E-state index contributed by atoms with van der Waals surface area (Å²) in [6.45, 7) is 2.37. The molecule has 2 heterocycles. The average molecular weight is 319 g/mol. The van der Waals surface area contributed by atoms with Crippen LogP contribution >= 0.6 is 11.3 Å². The number of halogens is 3. The second kappa shape index (κ2) is 6.44. The number of thiophene rings is 1. The van der Waals surface area contributed by atoms with Gasteiger partial charge in [-0.1, -0.05) is 0 Å². The van der Waals surface area contributed by atoms with Gasteiger partial charge in [0.1, 0.15) is 10.6 Å². The summed E-state index contributed by atoms with van der Waals surface area (Å²) in [5, 5.41) is 3.91. The van der Waals surface area contributed by atoms with E-state index in [2.05, 4.69) is 20.7 Å². The monoisotopic (exact) mass is 319 g/mol. The molecule has 0 amide bonds. The molecular weight excluding hydrogens is 303 g/mol. The molecule has 2 aromatic heterocycles. The van der Waals surface area contributed by atoms with Gasteiger partial charge in [-0.05, 0) is 25.8 Å². The maximum Gasteiger partial charge on any atom is 0.389 e. The Balaban J connectivity index is 2.00. The predicted molar refractivity (Wildman–Crippen MR) is 78.4 cm³/mol. The molecule has 0 unspecified atom stereocenters. The summed E-state index contributed by atoms with van der Waals surface area (Å²) in [4.78, 5) is 10.3. The number of aromatic nitrogens is 2. The highest BCUT2D eigenvalue weighted by molar-refractivity contribution is 7.18. The zero-order valence-corrected chi connectivity index (χ0v) is 12.2. The van der Waals surface area contributed by atoms with Crippen molar-refractivity contribution in [2.75, 3.05) is 17.3 Å². The quantitative estimate of drug-likeness (QED) is 0.432. The lowest BCUT2D eigenvalue weighted by molar-refractivity contribution is -0.135. The highest BCUT2D eigenvalue weighted by atomic mass is 32.1. The lowest BCUT2D eigenvalue weighted by Gasteiger charge is -2.09. The van der Waals surface area contributed by atoms with Crippen molar-refractivity contribution in [1.82, 2.24) is 9.97 Å². The second-order valence-corrected chi connectivity index (χ2v) is 5.85. The van der Waals surface area contributed by atoms with Gasteiger partial charge >= 0.3 is 6.18 Å². The Morgan fingerprint density at radius 2 is 2.05 bits per heavy atom. The lowest BCUT2D eigenvalue weighted by atomic mass is 10.2. The molecule has 0 aliphatic carbocycles. The summed E-state index contributed by atoms with van der Waals surface area (Å²) in [5.41, 5.74) is 2.39. The normalized spacial score (nSPS) is 11.9. The van der Waals surface area contributed by atoms with Gasteiger partial charge in [0.15, 0.2) is 0 Å². The van der Waals surface area contributed by atoms with E-state index in [0.717, 1.165) is 15.1 Å². The Labute approximate surface area is 123 Å². The van der Waals surface area contributed by atoms with Crippen LogP contribution in [0.3, 0.4) is 0 Å². The molecule has 116 valence electrons. The van der Waals surface area contributed by atoms with Gasteiger partial charge in [-0.25, -0.2) is 10.8 Å². The van der Waals surface area contributed by atoms with Gasteiger partial charge in [0.25, 0.3) is 0 Å². The van der Waals surface area contributed by atoms with Crippen LogP contribution in [0.5, 0.6) is 0 Å². The van der Waals surface area contributed by atoms with E-state index in [1.54, 1.807) is 0 Å². The average Bonchev–Trinajstić information content (AvgIpc) is 2.77. The lowest BCUT2D eigenvalue weighted by Crippen LogP contribution is -2.13. The SMILES string of the molecule is Cc1cc2c(NCCCCC(F)(F)F)nc(NN)nc2s1. The van der Waals surface area contributed by atoms with E-state index in [0.29, 0.717) is 18.8 Å². The maximum atomic E-state index is 12.1. The second-order valence-electron chi connectivity index (χ2n) is 4.62. The van der Waals surface area contributed by atoms with E-state index in [4.69, 9.17) is 5.84 Å². The zero-order valence-electron chi connectivity index (χ0n) is 11.4. The van der Waals surface area contributed by atoms with E-state index in [-0.39, 0.29) is 12.4 Å². The number of alkyl halides is 3. The third-order valence-corrected chi connectivity index (χ3v) is 3.77. The smallest absolute Gasteiger partial charge is 0.369 e. The predicted octanol–water partition coefficient (Wildman–Crippen LogP) is 3.43. The number of hydrogen-bond acceptors (Lipinski definition) is 6. The van der Waals surface area contributed by atoms with Gasteiger partial charge in [0.05, 0.1) is 5.39 Å². The van der Waals surface area contributed by atoms with Gasteiger partial charge in [-0.2, -0.15) is 18.2 Å². The van der Waals surface area contributed by atoms with Gasteiger partial charge in [0.2, 0.25) is 5.95 Å². The summed E-state index contributed by atoms with van der Waals surface area (Å²) < 4.78 is 36.2. The third kappa shape index (κ3) is 4.43. The molecule has 0 saturated heterocycles. The van der Waals surface area contributed by atoms with E-state index >= 15 is 0 Å². The van der Waals surface area contributed by atoms with E-state index in [1.165, 1.54) is 11.3 Å². The summed E-state index contributed by atoms with van der Waals surface area (Å²) in [5.74, 6) is 6.18. The van der Waals surface area contributed by atoms with Crippen molar-refractivity contribution in [2.45, 2.75) is 32.4 Å². The van der Waals surface area contributed by atoms with Crippen LogP contribution in [0.15, 0.2) is 6.07 Å². The van der Waals surface area contributed by atoms with Crippen LogP contribution in [0, 0.1) is 6.92 Å². The fourth-order valence-corrected chi connectivity index (χ4v) is 2.78. The fraction of sp³-hybridized carbons (Fsp3) is 0.500. The third-order valence-electron chi connectivity index (χ3n) is 2.82. The largest absolute Gasteiger partial charge is 0.389 e. The molecule has 0 radical (unpaired) electrons. The van der Waals surface area contributed by atoms with Crippen LogP contribution in [0.4, 0.5) is 24.9 Å². The number of aryl methyl sites for hydroxylation is 1. The molecule has 0 aromatic carbocycles. The van der Waals surface area contributed by atoms with Gasteiger partial charge < -0.3 is 5.32 Å². The Kier molecular flexibility index (Phi) is 4.84. The van der Waals surface area contributed by atoms with Crippen molar-refractivity contribution < 1.29 is 13.2 Å². The molecule has 0 bridgehead atoms. The molecule has 0 saturated carbocycles. The minimum atomic E-state index is -4.09. The molecular formula is C12H16F3N5S. The van der Waals surface area contributed by atoms with E-state index < -0.39 is 12.6 Å². The highest BCUT2D eigenvalue weighted by Gasteiger charge is 2.25. The minimum Gasteiger partial charge on any atom is -0.369 e. The molecule has 2 aromatic rings. The van der Waals surface area contributed by atoms with Crippen LogP contribution in [0.2, 0.25) is 0 Å². The van der Waals surface area contributed by atoms with Crippen molar-refractivity contribution in [3.05, 3.63) is 10.9 Å². The van der Waals surface area contributed by atoms with Crippen molar-refractivity contribution in [1.29, 1.82) is 0 Å². The number of rotatable bonds is 6. The molecule has 2 rings (SSSR count). The Morgan fingerprint density at radius 3 is 2.71 bits per heavy atom. The fourth-order valence-electron chi connectivity index (χ4n) is 1.90. The standard InChI is InChI=1S/C12H16F3N5S/c1-7-6-8-9(17-5-3-2-4-12(13,14)15)18-11(20-16)19-10(8)21-7/h6H,2-5,16H2,1H3,(H2,17,18,19,20). The number of hydrogen-bond donors (Lipinski definition) is 3. The number of nitrogens with two attached hydrogens (primary N) is 1. The minimum absolute atomic E-state index is 0.0926. The number of nitrogens with zero attached hydrogens (tertiary/aromatic N) is 2. The van der Waals surface area contributed by atoms with Crippen molar-refractivity contribution >= 4 is 33.3 Å². The number of fused-ring (bicyclic) bond motifs is 1. The molecule has 0 spiro atoms. The highest BCUT2D eigenvalue weighted by Crippen LogP contribution is 2.29. The molecule has 5 nitrogen and oxygen atoms in total. The van der Waals surface area contributed by atoms with Gasteiger partial charge in [0, 0.05) is 17.8 Å². The number of anilines is 2. The first-order chi connectivity index (χ1) is 9.89. The molecule has 21 heavy (non-hydrogen) atoms. The van der Waals surface area contributed by atoms with Crippen LogP contribution in [-0.2, 0) is 0 Å². The molecule has 9 heteroatoms. The number of hydrazine groups is 1. The van der Waals surface area contributed by atoms with Crippen LogP contribution in [-0.4, -0.2) is 22.7 Å². The first-order valence-corrected chi connectivity index (χ1v) is 7.26. The Bertz CT molecular complexity index is 611. The maximum absolute atomic E-state index is 12.1. The summed E-state index contributed by atoms with van der Waals surface area (Å²) in [7, 11) is 0. The van der Waals surface area contributed by atoms with Crippen molar-refractivity contribution in [2.24, 2.45) is 5.84 Å². The van der Waals surface area contributed by atoms with Crippen LogP contribution in [0.25, 0.3) is 10.2 Å². The van der Waals surface area contributed by atoms with Gasteiger partial charge in [-0.3, -0.25) is 5.43 Å². The van der Waals surface area contributed by atoms with E-state index in [9.17, 15) is 13.2 Å².